The summed E-state index contributed by atoms with van der Waals surface area (Å²) in [5.74, 6) is 4.25. The molecule has 1 nitrogen and oxygen atoms in total. The Bertz CT molecular complexity index is 387. The molecular weight excluding hydrogens is 403 g/mol. The quantitative estimate of drug-likeness (QED) is 0.238. The van der Waals surface area contributed by atoms with Gasteiger partial charge in [-0.2, -0.15) is 0 Å². The fraction of sp³-hybridized carbons (Fsp3) is 0.842. The van der Waals surface area contributed by atoms with Gasteiger partial charge in [-0.05, 0) is 46.3 Å². The van der Waals surface area contributed by atoms with Crippen molar-refractivity contribution in [2.24, 2.45) is 11.8 Å². The minimum Gasteiger partial charge on any atom is -0.222 e. The van der Waals surface area contributed by atoms with Gasteiger partial charge in [0.2, 0.25) is 0 Å². The van der Waals surface area contributed by atoms with Gasteiger partial charge < -0.3 is 0 Å². The largest absolute Gasteiger partial charge is 0.222 e. The first-order valence-corrected chi connectivity index (χ1v) is 15.3. The Morgan fingerprint density at radius 1 is 0.880 bits per heavy atom. The Balaban J connectivity index is 2.22. The van der Waals surface area contributed by atoms with E-state index >= 15 is 0 Å². The highest BCUT2D eigenvalue weighted by Gasteiger charge is 2.10. The Labute approximate surface area is 175 Å². The monoisotopic (exact) mass is 437 g/mol. The smallest absolute Gasteiger partial charge is 0.161 e. The first-order valence-electron chi connectivity index (χ1n) is 9.77. The van der Waals surface area contributed by atoms with E-state index in [-0.39, 0.29) is 0 Å². The molecule has 2 atom stereocenters. The molecule has 0 saturated heterocycles. The van der Waals surface area contributed by atoms with Crippen molar-refractivity contribution < 1.29 is 0 Å². The number of hydrogen-bond acceptors (Lipinski definition) is 6. The van der Waals surface area contributed by atoms with E-state index < -0.39 is 0 Å². The Morgan fingerprint density at radius 3 is 1.96 bits per heavy atom. The molecule has 0 aromatic carbocycles. The molecule has 0 aliphatic carbocycles. The summed E-state index contributed by atoms with van der Waals surface area (Å²) in [6, 6.07) is 0. The molecule has 0 amide bonds. The molecule has 0 spiro atoms. The van der Waals surface area contributed by atoms with Gasteiger partial charge in [-0.15, -0.1) is 11.3 Å². The fourth-order valence-electron chi connectivity index (χ4n) is 2.49. The normalized spacial score (nSPS) is 13.9. The van der Waals surface area contributed by atoms with Gasteiger partial charge in [0.15, 0.2) is 4.34 Å². The van der Waals surface area contributed by atoms with Crippen molar-refractivity contribution in [1.29, 1.82) is 0 Å². The summed E-state index contributed by atoms with van der Waals surface area (Å²) in [6.07, 6.45) is 10.7. The summed E-state index contributed by atoms with van der Waals surface area (Å²) in [5, 5.41) is 3.42. The van der Waals surface area contributed by atoms with Crippen LogP contribution in [-0.4, -0.2) is 16.5 Å². The number of hydrogen-bond donors (Lipinski definition) is 0. The average molecular weight is 438 g/mol. The van der Waals surface area contributed by atoms with Crippen LogP contribution in [-0.2, 0) is 0 Å². The maximum Gasteiger partial charge on any atom is 0.161 e. The molecule has 1 aromatic heterocycles. The maximum atomic E-state index is 4.78. The first kappa shape index (κ1) is 24.1. The van der Waals surface area contributed by atoms with E-state index in [1.807, 2.05) is 43.2 Å². The minimum atomic E-state index is 0.870. The molecular formula is C19H35NS5. The van der Waals surface area contributed by atoms with E-state index in [1.54, 1.807) is 11.3 Å². The van der Waals surface area contributed by atoms with Crippen LogP contribution in [0.25, 0.3) is 0 Å². The highest BCUT2D eigenvalue weighted by atomic mass is 33.1. The minimum absolute atomic E-state index is 0.870. The molecule has 0 fully saturated rings. The number of unbranched alkanes of at least 4 members (excludes halogenated alkanes) is 2. The SMILES string of the molecule is CCCCC(CC)CSSc1csc(SSCC(CC)CCCC)n1. The van der Waals surface area contributed by atoms with Crippen molar-refractivity contribution in [3.05, 3.63) is 5.38 Å². The standard InChI is InChI=1S/C19H35NS5/c1-5-9-11-16(7-3)13-22-24-18-15-21-19(20-18)25-23-14-17(8-4)12-10-6-2/h15-17H,5-14H2,1-4H3. The van der Waals surface area contributed by atoms with Gasteiger partial charge in [-0.3, -0.25) is 0 Å². The molecule has 0 bridgehead atoms. The second kappa shape index (κ2) is 16.0. The molecule has 1 heterocycles. The van der Waals surface area contributed by atoms with Crippen LogP contribution in [0.5, 0.6) is 0 Å². The number of rotatable bonds is 16. The summed E-state index contributed by atoms with van der Waals surface area (Å²) in [4.78, 5) is 4.78. The second-order valence-corrected chi connectivity index (χ2v) is 12.3. The molecule has 1 aromatic rings. The van der Waals surface area contributed by atoms with Crippen LogP contribution in [0.15, 0.2) is 14.7 Å². The summed E-state index contributed by atoms with van der Waals surface area (Å²) in [6.45, 7) is 9.22. The zero-order chi connectivity index (χ0) is 18.3. The van der Waals surface area contributed by atoms with Crippen LogP contribution in [0, 0.1) is 11.8 Å². The Kier molecular flexibility index (Phi) is 15.4. The molecule has 0 saturated carbocycles. The van der Waals surface area contributed by atoms with Gasteiger partial charge in [-0.25, -0.2) is 4.98 Å². The molecule has 0 aliphatic rings. The predicted molar refractivity (Wildman–Crippen MR) is 125 cm³/mol. The van der Waals surface area contributed by atoms with Crippen molar-refractivity contribution >= 4 is 54.5 Å². The van der Waals surface area contributed by atoms with E-state index in [1.165, 1.54) is 72.2 Å². The van der Waals surface area contributed by atoms with Crippen molar-refractivity contribution in [3.63, 3.8) is 0 Å². The second-order valence-electron chi connectivity index (χ2n) is 6.52. The van der Waals surface area contributed by atoms with Crippen LogP contribution >= 0.6 is 54.5 Å². The third-order valence-electron chi connectivity index (χ3n) is 4.43. The number of aromatic nitrogens is 1. The lowest BCUT2D eigenvalue weighted by molar-refractivity contribution is 0.500. The van der Waals surface area contributed by atoms with E-state index in [2.05, 4.69) is 33.1 Å². The van der Waals surface area contributed by atoms with Crippen molar-refractivity contribution in [3.8, 4) is 0 Å². The van der Waals surface area contributed by atoms with Crippen LogP contribution in [0.2, 0.25) is 0 Å². The molecule has 0 N–H and O–H groups in total. The molecule has 1 rings (SSSR count). The summed E-state index contributed by atoms with van der Waals surface area (Å²) < 4.78 is 1.22. The van der Waals surface area contributed by atoms with E-state index in [0.29, 0.717) is 0 Å². The molecule has 25 heavy (non-hydrogen) atoms. The zero-order valence-electron chi connectivity index (χ0n) is 16.3. The molecule has 146 valence electrons. The molecule has 2 unspecified atom stereocenters. The van der Waals surface area contributed by atoms with Crippen molar-refractivity contribution in [2.75, 3.05) is 11.5 Å². The highest BCUT2D eigenvalue weighted by molar-refractivity contribution is 8.77. The lowest BCUT2D eigenvalue weighted by Gasteiger charge is -2.12. The van der Waals surface area contributed by atoms with Gasteiger partial charge in [0.1, 0.15) is 5.03 Å². The van der Waals surface area contributed by atoms with Crippen LogP contribution in [0.1, 0.15) is 79.1 Å². The topological polar surface area (TPSA) is 12.9 Å². The van der Waals surface area contributed by atoms with Crippen molar-refractivity contribution in [1.82, 2.24) is 4.98 Å². The average Bonchev–Trinajstić information content (AvgIpc) is 3.08. The summed E-state index contributed by atoms with van der Waals surface area (Å²) >= 11 is 1.80. The van der Waals surface area contributed by atoms with E-state index in [4.69, 9.17) is 4.98 Å². The molecule has 0 radical (unpaired) electrons. The molecule has 6 heteroatoms. The first-order chi connectivity index (χ1) is 12.2. The third-order valence-corrected chi connectivity index (χ3v) is 10.6. The fourth-order valence-corrected chi connectivity index (χ4v) is 9.01. The van der Waals surface area contributed by atoms with Gasteiger partial charge in [0, 0.05) is 16.9 Å². The van der Waals surface area contributed by atoms with Gasteiger partial charge >= 0.3 is 0 Å². The zero-order valence-corrected chi connectivity index (χ0v) is 20.4. The number of nitrogens with zero attached hydrogens (tertiary/aromatic N) is 1. The van der Waals surface area contributed by atoms with Crippen LogP contribution in [0.4, 0.5) is 0 Å². The Hall–Kier alpha value is 1.03. The molecule has 0 aliphatic heterocycles. The number of thiazole rings is 1. The summed E-state index contributed by atoms with van der Waals surface area (Å²) in [7, 11) is 7.72. The summed E-state index contributed by atoms with van der Waals surface area (Å²) in [5.41, 5.74) is 0. The predicted octanol–water partition coefficient (Wildman–Crippen LogP) is 9.06. The lowest BCUT2D eigenvalue weighted by Crippen LogP contribution is -2.01. The van der Waals surface area contributed by atoms with Crippen LogP contribution < -0.4 is 0 Å². The third kappa shape index (κ3) is 11.5. The van der Waals surface area contributed by atoms with Gasteiger partial charge in [0.05, 0.1) is 0 Å². The Morgan fingerprint density at radius 2 is 1.44 bits per heavy atom. The maximum absolute atomic E-state index is 4.78. The highest BCUT2D eigenvalue weighted by Crippen LogP contribution is 2.40. The van der Waals surface area contributed by atoms with Gasteiger partial charge in [-0.1, -0.05) is 87.8 Å². The van der Waals surface area contributed by atoms with E-state index in [9.17, 15) is 0 Å². The van der Waals surface area contributed by atoms with Gasteiger partial charge in [0.25, 0.3) is 0 Å². The lowest BCUT2D eigenvalue weighted by atomic mass is 10.0. The van der Waals surface area contributed by atoms with E-state index in [0.717, 1.165) is 11.8 Å². The van der Waals surface area contributed by atoms with Crippen molar-refractivity contribution in [2.45, 2.75) is 88.4 Å². The van der Waals surface area contributed by atoms with Crippen LogP contribution in [0.3, 0.4) is 0 Å².